The van der Waals surface area contributed by atoms with E-state index in [0.717, 1.165) is 16.1 Å². The Balaban J connectivity index is 1.94. The van der Waals surface area contributed by atoms with Crippen LogP contribution < -0.4 is 14.4 Å². The second-order valence-corrected chi connectivity index (χ2v) is 10.5. The van der Waals surface area contributed by atoms with Crippen LogP contribution in [0.15, 0.2) is 36.4 Å². The van der Waals surface area contributed by atoms with Gasteiger partial charge in [0.15, 0.2) is 0 Å². The Kier molecular flexibility index (Phi) is 9.43. The van der Waals surface area contributed by atoms with Crippen LogP contribution in [0.5, 0.6) is 5.75 Å². The lowest BCUT2D eigenvalue weighted by molar-refractivity contribution is -0.119. The molecule has 0 aromatic heterocycles. The maximum atomic E-state index is 12.4. The molecule has 0 saturated carbocycles. The van der Waals surface area contributed by atoms with Crippen LogP contribution in [0.2, 0.25) is 15.1 Å². The summed E-state index contributed by atoms with van der Waals surface area (Å²) in [6, 6.07) is 9.89. The quantitative estimate of drug-likeness (QED) is 0.476. The van der Waals surface area contributed by atoms with Crippen molar-refractivity contribution in [2.24, 2.45) is 0 Å². The Bertz CT molecular complexity index is 983. The number of hydrogen-bond acceptors (Lipinski definition) is 5. The molecule has 11 heteroatoms. The molecule has 0 spiro atoms. The van der Waals surface area contributed by atoms with Crippen LogP contribution in [0.4, 0.5) is 5.69 Å². The second kappa shape index (κ2) is 11.3. The van der Waals surface area contributed by atoms with Crippen LogP contribution in [0.25, 0.3) is 0 Å². The molecule has 0 aliphatic rings. The first-order chi connectivity index (χ1) is 14.1. The molecule has 0 unspecified atom stereocenters. The first-order valence-electron chi connectivity index (χ1n) is 8.72. The summed E-state index contributed by atoms with van der Waals surface area (Å²) in [5, 5.41) is 4.24. The first-order valence-corrected chi connectivity index (χ1v) is 12.9. The number of thioether (sulfide) groups is 1. The summed E-state index contributed by atoms with van der Waals surface area (Å²) in [4.78, 5) is 12.4. The highest BCUT2D eigenvalue weighted by molar-refractivity contribution is 7.98. The Labute approximate surface area is 195 Å². The maximum absolute atomic E-state index is 12.4. The number of nitrogens with one attached hydrogen (secondary N) is 1. The highest BCUT2D eigenvalue weighted by Gasteiger charge is 2.24. The van der Waals surface area contributed by atoms with Crippen molar-refractivity contribution in [1.82, 2.24) is 5.32 Å². The van der Waals surface area contributed by atoms with E-state index in [1.165, 1.54) is 13.2 Å². The minimum absolute atomic E-state index is 0.199. The molecule has 0 heterocycles. The van der Waals surface area contributed by atoms with Crippen LogP contribution in [-0.4, -0.2) is 46.5 Å². The third-order valence-corrected chi connectivity index (χ3v) is 7.03. The van der Waals surface area contributed by atoms with E-state index in [0.29, 0.717) is 38.9 Å². The number of rotatable bonds is 10. The van der Waals surface area contributed by atoms with Crippen LogP contribution in [0, 0.1) is 0 Å². The van der Waals surface area contributed by atoms with Gasteiger partial charge in [-0.2, -0.15) is 11.8 Å². The monoisotopic (exact) mass is 510 g/mol. The molecule has 0 fully saturated rings. The Morgan fingerprint density at radius 1 is 1.17 bits per heavy atom. The molecular weight excluding hydrogens is 491 g/mol. The van der Waals surface area contributed by atoms with Crippen molar-refractivity contribution < 1.29 is 17.9 Å². The SMILES string of the molecule is COc1ccc(Cl)cc1N(CC(=O)NCCSCc1c(Cl)cccc1Cl)S(C)(=O)=O. The maximum Gasteiger partial charge on any atom is 0.240 e. The summed E-state index contributed by atoms with van der Waals surface area (Å²) in [6.45, 7) is -0.0353. The van der Waals surface area contributed by atoms with Crippen molar-refractivity contribution >= 4 is 68.2 Å². The second-order valence-electron chi connectivity index (χ2n) is 6.19. The summed E-state index contributed by atoms with van der Waals surface area (Å²) in [7, 11) is -2.33. The molecular formula is C19H21Cl3N2O4S2. The molecule has 2 aromatic carbocycles. The Morgan fingerprint density at radius 3 is 2.43 bits per heavy atom. The van der Waals surface area contributed by atoms with Gasteiger partial charge in [-0.3, -0.25) is 9.10 Å². The summed E-state index contributed by atoms with van der Waals surface area (Å²) in [6.07, 6.45) is 1.02. The lowest BCUT2D eigenvalue weighted by Gasteiger charge is -2.24. The summed E-state index contributed by atoms with van der Waals surface area (Å²) in [5.74, 6) is 1.06. The van der Waals surface area contributed by atoms with Crippen LogP contribution in [0.3, 0.4) is 0 Å². The third-order valence-electron chi connectivity index (χ3n) is 3.97. The summed E-state index contributed by atoms with van der Waals surface area (Å²) >= 11 is 19.8. The van der Waals surface area contributed by atoms with E-state index in [-0.39, 0.29) is 5.69 Å². The van der Waals surface area contributed by atoms with E-state index in [4.69, 9.17) is 39.5 Å². The van der Waals surface area contributed by atoms with Gasteiger partial charge in [0.2, 0.25) is 15.9 Å². The molecule has 30 heavy (non-hydrogen) atoms. The fraction of sp³-hybridized carbons (Fsp3) is 0.316. The number of anilines is 1. The van der Waals surface area contributed by atoms with Crippen LogP contribution in [0.1, 0.15) is 5.56 Å². The van der Waals surface area contributed by atoms with Gasteiger partial charge in [0.25, 0.3) is 0 Å². The zero-order chi connectivity index (χ0) is 22.3. The number of ether oxygens (including phenoxy) is 1. The van der Waals surface area contributed by atoms with Gasteiger partial charge < -0.3 is 10.1 Å². The first kappa shape index (κ1) is 24.9. The molecule has 0 saturated heterocycles. The van der Waals surface area contributed by atoms with E-state index < -0.39 is 22.5 Å². The van der Waals surface area contributed by atoms with Crippen molar-refractivity contribution in [3.05, 3.63) is 57.0 Å². The molecule has 2 aromatic rings. The zero-order valence-electron chi connectivity index (χ0n) is 16.3. The minimum atomic E-state index is -3.74. The molecule has 0 radical (unpaired) electrons. The van der Waals surface area contributed by atoms with Crippen molar-refractivity contribution in [3.63, 3.8) is 0 Å². The molecule has 0 bridgehead atoms. The number of nitrogens with zero attached hydrogens (tertiary/aromatic N) is 1. The zero-order valence-corrected chi connectivity index (χ0v) is 20.2. The number of carbonyl (C=O) groups excluding carboxylic acids is 1. The molecule has 2 rings (SSSR count). The van der Waals surface area contributed by atoms with Crippen LogP contribution in [-0.2, 0) is 20.6 Å². The molecule has 6 nitrogen and oxygen atoms in total. The van der Waals surface area contributed by atoms with Gasteiger partial charge in [-0.05, 0) is 35.9 Å². The third kappa shape index (κ3) is 7.13. The number of sulfonamides is 1. The lowest BCUT2D eigenvalue weighted by atomic mass is 10.2. The van der Waals surface area contributed by atoms with Gasteiger partial charge >= 0.3 is 0 Å². The van der Waals surface area contributed by atoms with Crippen molar-refractivity contribution in [2.45, 2.75) is 5.75 Å². The fourth-order valence-electron chi connectivity index (χ4n) is 2.53. The van der Waals surface area contributed by atoms with E-state index in [2.05, 4.69) is 5.32 Å². The highest BCUT2D eigenvalue weighted by atomic mass is 35.5. The lowest BCUT2D eigenvalue weighted by Crippen LogP contribution is -2.41. The van der Waals surface area contributed by atoms with Gasteiger partial charge in [-0.25, -0.2) is 8.42 Å². The molecule has 0 aliphatic heterocycles. The van der Waals surface area contributed by atoms with Crippen molar-refractivity contribution in [3.8, 4) is 5.75 Å². The standard InChI is InChI=1S/C19H21Cl3N2O4S2/c1-28-18-7-6-13(20)10-17(18)24(30(2,26)27)11-19(25)23-8-9-29-12-14-15(21)4-3-5-16(14)22/h3-7,10H,8-9,11-12H2,1-2H3,(H,23,25). The molecule has 1 N–H and O–H groups in total. The topological polar surface area (TPSA) is 75.7 Å². The van der Waals surface area contributed by atoms with Gasteiger partial charge in [0.05, 0.1) is 19.1 Å². The van der Waals surface area contributed by atoms with Gasteiger partial charge in [0.1, 0.15) is 12.3 Å². The minimum Gasteiger partial charge on any atom is -0.495 e. The Hall–Kier alpha value is -1.32. The summed E-state index contributed by atoms with van der Waals surface area (Å²) in [5.41, 5.74) is 1.04. The predicted molar refractivity (Wildman–Crippen MR) is 126 cm³/mol. The number of carbonyl (C=O) groups is 1. The number of amides is 1. The molecule has 0 aliphatic carbocycles. The molecule has 1 amide bonds. The fourth-order valence-corrected chi connectivity index (χ4v) is 5.15. The van der Waals surface area contributed by atoms with E-state index in [9.17, 15) is 13.2 Å². The number of halogens is 3. The van der Waals surface area contributed by atoms with E-state index in [1.54, 1.807) is 42.1 Å². The number of hydrogen-bond donors (Lipinski definition) is 1. The van der Waals surface area contributed by atoms with E-state index in [1.807, 2.05) is 0 Å². The average molecular weight is 512 g/mol. The van der Waals surface area contributed by atoms with Crippen molar-refractivity contribution in [2.75, 3.05) is 36.5 Å². The average Bonchev–Trinajstić information content (AvgIpc) is 2.67. The highest BCUT2D eigenvalue weighted by Crippen LogP contribution is 2.32. The molecule has 0 atom stereocenters. The number of benzene rings is 2. The van der Waals surface area contributed by atoms with Crippen LogP contribution >= 0.6 is 46.6 Å². The summed E-state index contributed by atoms with van der Waals surface area (Å²) < 4.78 is 30.7. The smallest absolute Gasteiger partial charge is 0.240 e. The number of methoxy groups -OCH3 is 1. The Morgan fingerprint density at radius 2 is 1.83 bits per heavy atom. The van der Waals surface area contributed by atoms with Gasteiger partial charge in [-0.1, -0.05) is 40.9 Å². The van der Waals surface area contributed by atoms with Gasteiger partial charge in [0, 0.05) is 33.1 Å². The predicted octanol–water partition coefficient (Wildman–Crippen LogP) is 4.47. The van der Waals surface area contributed by atoms with E-state index >= 15 is 0 Å². The van der Waals surface area contributed by atoms with Gasteiger partial charge in [-0.15, -0.1) is 0 Å². The normalized spacial score (nSPS) is 11.2. The largest absolute Gasteiger partial charge is 0.495 e. The van der Waals surface area contributed by atoms with Crippen molar-refractivity contribution in [1.29, 1.82) is 0 Å². The molecule has 164 valence electrons.